The average Bonchev–Trinajstić information content (AvgIpc) is 2.57. The zero-order valence-electron chi connectivity index (χ0n) is 13.0. The summed E-state index contributed by atoms with van der Waals surface area (Å²) in [5.41, 5.74) is 1.76. The van der Waals surface area contributed by atoms with E-state index in [1.165, 1.54) is 0 Å². The fraction of sp³-hybridized carbons (Fsp3) is 0.353. The van der Waals surface area contributed by atoms with Crippen molar-refractivity contribution in [3.05, 3.63) is 46.7 Å². The van der Waals surface area contributed by atoms with E-state index in [-0.39, 0.29) is 11.8 Å². The van der Waals surface area contributed by atoms with Crippen molar-refractivity contribution >= 4 is 33.5 Å². The number of aromatic nitrogens is 2. The lowest BCUT2D eigenvalue weighted by atomic mass is 9.97. The van der Waals surface area contributed by atoms with Gasteiger partial charge in [0.1, 0.15) is 0 Å². The van der Waals surface area contributed by atoms with Gasteiger partial charge >= 0.3 is 0 Å². The van der Waals surface area contributed by atoms with Crippen molar-refractivity contribution in [2.45, 2.75) is 19.8 Å². The predicted octanol–water partition coefficient (Wildman–Crippen LogP) is 3.40. The van der Waals surface area contributed by atoms with Crippen LogP contribution < -0.4 is 10.2 Å². The number of benzene rings is 1. The zero-order chi connectivity index (χ0) is 16.2. The van der Waals surface area contributed by atoms with Crippen molar-refractivity contribution < 1.29 is 4.79 Å². The van der Waals surface area contributed by atoms with Gasteiger partial charge in [0.15, 0.2) is 0 Å². The van der Waals surface area contributed by atoms with Gasteiger partial charge in [-0.25, -0.2) is 9.97 Å². The van der Waals surface area contributed by atoms with E-state index in [1.54, 1.807) is 6.20 Å². The SMILES string of the molecule is Cc1ccnc(N2CCC[C@H](C(=O)Nc3ccc(Br)cc3)C2)n1. The van der Waals surface area contributed by atoms with Gasteiger partial charge in [0.2, 0.25) is 11.9 Å². The number of nitrogens with zero attached hydrogens (tertiary/aromatic N) is 3. The minimum atomic E-state index is -0.0449. The third kappa shape index (κ3) is 4.07. The number of halogens is 1. The first-order chi connectivity index (χ1) is 11.1. The van der Waals surface area contributed by atoms with Gasteiger partial charge in [-0.1, -0.05) is 15.9 Å². The van der Waals surface area contributed by atoms with Crippen LogP contribution in [0.3, 0.4) is 0 Å². The van der Waals surface area contributed by atoms with E-state index in [0.717, 1.165) is 35.2 Å². The van der Waals surface area contributed by atoms with Crippen molar-refractivity contribution in [3.63, 3.8) is 0 Å². The summed E-state index contributed by atoms with van der Waals surface area (Å²) in [4.78, 5) is 23.4. The smallest absolute Gasteiger partial charge is 0.229 e. The van der Waals surface area contributed by atoms with Crippen LogP contribution in [0.1, 0.15) is 18.5 Å². The Bertz CT molecular complexity index is 689. The summed E-state index contributed by atoms with van der Waals surface area (Å²) in [5, 5.41) is 2.99. The molecule has 1 saturated heterocycles. The van der Waals surface area contributed by atoms with Crippen molar-refractivity contribution in [2.24, 2.45) is 5.92 Å². The van der Waals surface area contributed by atoms with E-state index in [0.29, 0.717) is 12.5 Å². The minimum Gasteiger partial charge on any atom is -0.340 e. The molecule has 1 fully saturated rings. The maximum absolute atomic E-state index is 12.5. The fourth-order valence-electron chi connectivity index (χ4n) is 2.74. The second-order valence-corrected chi connectivity index (χ2v) is 6.70. The van der Waals surface area contributed by atoms with Crippen LogP contribution in [0.15, 0.2) is 41.0 Å². The Morgan fingerprint density at radius 2 is 2.09 bits per heavy atom. The fourth-order valence-corrected chi connectivity index (χ4v) is 3.00. The molecule has 0 aliphatic carbocycles. The Balaban J connectivity index is 1.65. The molecule has 1 aliphatic rings. The Hall–Kier alpha value is -1.95. The quantitative estimate of drug-likeness (QED) is 0.894. The molecule has 23 heavy (non-hydrogen) atoms. The van der Waals surface area contributed by atoms with Gasteiger partial charge < -0.3 is 10.2 Å². The molecule has 1 aliphatic heterocycles. The highest BCUT2D eigenvalue weighted by molar-refractivity contribution is 9.10. The topological polar surface area (TPSA) is 58.1 Å². The van der Waals surface area contributed by atoms with Crippen LogP contribution in [0.5, 0.6) is 0 Å². The van der Waals surface area contributed by atoms with Crippen LogP contribution >= 0.6 is 15.9 Å². The van der Waals surface area contributed by atoms with Crippen LogP contribution in [-0.4, -0.2) is 29.0 Å². The van der Waals surface area contributed by atoms with E-state index in [1.807, 2.05) is 37.3 Å². The van der Waals surface area contributed by atoms with Gasteiger partial charge in [0, 0.05) is 35.1 Å². The summed E-state index contributed by atoms with van der Waals surface area (Å²) >= 11 is 3.39. The van der Waals surface area contributed by atoms with Crippen molar-refractivity contribution in [1.29, 1.82) is 0 Å². The number of hydrogen-bond acceptors (Lipinski definition) is 4. The molecule has 0 bridgehead atoms. The molecule has 0 spiro atoms. The molecule has 1 aromatic carbocycles. The van der Waals surface area contributed by atoms with E-state index in [9.17, 15) is 4.79 Å². The molecule has 6 heteroatoms. The molecule has 5 nitrogen and oxygen atoms in total. The van der Waals surface area contributed by atoms with Crippen molar-refractivity contribution in [2.75, 3.05) is 23.3 Å². The van der Waals surface area contributed by atoms with E-state index < -0.39 is 0 Å². The summed E-state index contributed by atoms with van der Waals surface area (Å²) in [7, 11) is 0. The molecule has 2 heterocycles. The Morgan fingerprint density at radius 3 is 2.83 bits per heavy atom. The molecule has 0 unspecified atom stereocenters. The van der Waals surface area contributed by atoms with Crippen LogP contribution in [0, 0.1) is 12.8 Å². The first kappa shape index (κ1) is 15.9. The van der Waals surface area contributed by atoms with Gasteiger partial charge in [-0.3, -0.25) is 4.79 Å². The lowest BCUT2D eigenvalue weighted by Crippen LogP contribution is -2.41. The maximum atomic E-state index is 12.5. The number of hydrogen-bond donors (Lipinski definition) is 1. The molecule has 3 rings (SSSR count). The Morgan fingerprint density at radius 1 is 1.30 bits per heavy atom. The number of rotatable bonds is 3. The summed E-state index contributed by atoms with van der Waals surface area (Å²) in [6.45, 7) is 3.50. The molecule has 0 radical (unpaired) electrons. The summed E-state index contributed by atoms with van der Waals surface area (Å²) in [6.07, 6.45) is 3.63. The van der Waals surface area contributed by atoms with Gasteiger partial charge in [0.05, 0.1) is 5.92 Å². The molecule has 0 saturated carbocycles. The van der Waals surface area contributed by atoms with Crippen molar-refractivity contribution in [3.8, 4) is 0 Å². The van der Waals surface area contributed by atoms with Gasteiger partial charge in [0.25, 0.3) is 0 Å². The first-order valence-electron chi connectivity index (χ1n) is 7.73. The van der Waals surface area contributed by atoms with Gasteiger partial charge in [-0.05, 0) is 50.1 Å². The normalized spacial score (nSPS) is 17.8. The van der Waals surface area contributed by atoms with Crippen molar-refractivity contribution in [1.82, 2.24) is 9.97 Å². The molecule has 1 aromatic heterocycles. The molecule has 1 amide bonds. The summed E-state index contributed by atoms with van der Waals surface area (Å²) < 4.78 is 0.996. The molecular formula is C17H19BrN4O. The highest BCUT2D eigenvalue weighted by atomic mass is 79.9. The van der Waals surface area contributed by atoms with Crippen LogP contribution in [-0.2, 0) is 4.79 Å². The van der Waals surface area contributed by atoms with Crippen LogP contribution in [0.2, 0.25) is 0 Å². The molecule has 1 atom stereocenters. The number of nitrogens with one attached hydrogen (secondary N) is 1. The average molecular weight is 375 g/mol. The largest absolute Gasteiger partial charge is 0.340 e. The highest BCUT2D eigenvalue weighted by Crippen LogP contribution is 2.22. The zero-order valence-corrected chi connectivity index (χ0v) is 14.6. The molecule has 120 valence electrons. The van der Waals surface area contributed by atoms with E-state index in [4.69, 9.17) is 0 Å². The second kappa shape index (κ2) is 7.08. The number of carbonyl (C=O) groups is 1. The third-order valence-electron chi connectivity index (χ3n) is 3.97. The molecular weight excluding hydrogens is 356 g/mol. The van der Waals surface area contributed by atoms with Gasteiger partial charge in [-0.15, -0.1) is 0 Å². The van der Waals surface area contributed by atoms with Crippen LogP contribution in [0.25, 0.3) is 0 Å². The maximum Gasteiger partial charge on any atom is 0.229 e. The van der Waals surface area contributed by atoms with Crippen LogP contribution in [0.4, 0.5) is 11.6 Å². The summed E-state index contributed by atoms with van der Waals surface area (Å²) in [6, 6.07) is 9.51. The van der Waals surface area contributed by atoms with E-state index in [2.05, 4.69) is 36.1 Å². The monoisotopic (exact) mass is 374 g/mol. The molecule has 1 N–H and O–H groups in total. The summed E-state index contributed by atoms with van der Waals surface area (Å²) in [5.74, 6) is 0.729. The lowest BCUT2D eigenvalue weighted by molar-refractivity contribution is -0.120. The highest BCUT2D eigenvalue weighted by Gasteiger charge is 2.27. The number of carbonyl (C=O) groups excluding carboxylic acids is 1. The van der Waals surface area contributed by atoms with E-state index >= 15 is 0 Å². The molecule has 2 aromatic rings. The number of aryl methyl sites for hydroxylation is 1. The number of anilines is 2. The predicted molar refractivity (Wildman–Crippen MR) is 94.5 cm³/mol. The first-order valence-corrected chi connectivity index (χ1v) is 8.52. The number of amides is 1. The standard InChI is InChI=1S/C17H19BrN4O/c1-12-8-9-19-17(20-12)22-10-2-3-13(11-22)16(23)21-15-6-4-14(18)5-7-15/h4-9,13H,2-3,10-11H2,1H3,(H,21,23)/t13-/m0/s1. The van der Waals surface area contributed by atoms with Gasteiger partial charge in [-0.2, -0.15) is 0 Å². The third-order valence-corrected chi connectivity index (χ3v) is 4.50. The number of piperidine rings is 1. The Labute approximate surface area is 144 Å². The second-order valence-electron chi connectivity index (χ2n) is 5.78. The lowest BCUT2D eigenvalue weighted by Gasteiger charge is -2.32. The minimum absolute atomic E-state index is 0.0449. The Kier molecular flexibility index (Phi) is 4.91.